The average Bonchev–Trinajstić information content (AvgIpc) is 3.34. The summed E-state index contributed by atoms with van der Waals surface area (Å²) in [5, 5.41) is 13.2. The van der Waals surface area contributed by atoms with Gasteiger partial charge in [-0.1, -0.05) is 17.7 Å². The predicted molar refractivity (Wildman–Crippen MR) is 137 cm³/mol. The quantitative estimate of drug-likeness (QED) is 0.620. The number of amides is 3. The number of nitrogens with one attached hydrogen (secondary N) is 1. The highest BCUT2D eigenvalue weighted by molar-refractivity contribution is 6.31. The van der Waals surface area contributed by atoms with Crippen molar-refractivity contribution in [3.8, 4) is 6.07 Å². The number of aryl methyl sites for hydroxylation is 1. The average molecular weight is 526 g/mol. The minimum atomic E-state index is -1.78. The fourth-order valence-corrected chi connectivity index (χ4v) is 5.36. The Balaban J connectivity index is 1.64. The summed E-state index contributed by atoms with van der Waals surface area (Å²) in [6.45, 7) is 4.41. The molecule has 194 valence electrons. The first-order valence-corrected chi connectivity index (χ1v) is 12.4. The Morgan fingerprint density at radius 3 is 2.76 bits per heavy atom. The van der Waals surface area contributed by atoms with Crippen LogP contribution >= 0.6 is 11.6 Å². The van der Waals surface area contributed by atoms with Gasteiger partial charge in [0.2, 0.25) is 17.7 Å². The van der Waals surface area contributed by atoms with E-state index >= 15 is 0 Å². The zero-order valence-electron chi connectivity index (χ0n) is 21.2. The summed E-state index contributed by atoms with van der Waals surface area (Å²) in [5.74, 6) is -1.30. The number of hydrogen-bond donors (Lipinski definition) is 1. The third-order valence-corrected chi connectivity index (χ3v) is 7.31. The Morgan fingerprint density at radius 2 is 2.11 bits per heavy atom. The standard InChI is InChI=1S/C27H29ClFN5O3/c1-16-6-5-7-18(31-16)11-23(35)33(4)22(13-26(2,3)29)24(36)34-15-27(12-19(34)14-30)20-10-17(28)8-9-21(20)32-25(27)37/h5-10,19,22H,11-13,15H2,1-4H3,(H,32,37)/t19-,22-,27-/m0/s1. The molecule has 4 rings (SSSR count). The second kappa shape index (κ2) is 9.75. The monoisotopic (exact) mass is 525 g/mol. The number of carbonyl (C=O) groups is 3. The lowest BCUT2D eigenvalue weighted by atomic mass is 9.80. The summed E-state index contributed by atoms with van der Waals surface area (Å²) < 4.78 is 14.9. The van der Waals surface area contributed by atoms with E-state index in [0.717, 1.165) is 5.69 Å². The Hall–Kier alpha value is -3.51. The van der Waals surface area contributed by atoms with Gasteiger partial charge in [0.1, 0.15) is 17.8 Å². The minimum absolute atomic E-state index is 0.0609. The Bertz CT molecular complexity index is 1300. The second-order valence-electron chi connectivity index (χ2n) is 10.4. The molecule has 0 aliphatic carbocycles. The lowest BCUT2D eigenvalue weighted by Gasteiger charge is -2.34. The molecule has 0 unspecified atom stereocenters. The molecule has 0 saturated carbocycles. The summed E-state index contributed by atoms with van der Waals surface area (Å²) in [5.41, 5.74) is -0.438. The molecule has 10 heteroatoms. The van der Waals surface area contributed by atoms with Crippen molar-refractivity contribution in [1.82, 2.24) is 14.8 Å². The van der Waals surface area contributed by atoms with E-state index in [1.165, 1.54) is 30.7 Å². The number of rotatable bonds is 6. The first kappa shape index (κ1) is 26.6. The van der Waals surface area contributed by atoms with Crippen molar-refractivity contribution < 1.29 is 18.8 Å². The topological polar surface area (TPSA) is 106 Å². The Morgan fingerprint density at radius 1 is 1.38 bits per heavy atom. The molecule has 1 N–H and O–H groups in total. The summed E-state index contributed by atoms with van der Waals surface area (Å²) in [7, 11) is 1.46. The number of halogens is 2. The van der Waals surface area contributed by atoms with Crippen LogP contribution < -0.4 is 5.32 Å². The molecule has 3 atom stereocenters. The Kier molecular flexibility index (Phi) is 6.99. The molecule has 3 amide bonds. The van der Waals surface area contributed by atoms with E-state index in [9.17, 15) is 24.0 Å². The van der Waals surface area contributed by atoms with E-state index in [1.807, 2.05) is 13.0 Å². The molecule has 1 saturated heterocycles. The van der Waals surface area contributed by atoms with Crippen LogP contribution in [0.4, 0.5) is 10.1 Å². The maximum Gasteiger partial charge on any atom is 0.246 e. The van der Waals surface area contributed by atoms with Crippen molar-refractivity contribution in [2.24, 2.45) is 0 Å². The number of aromatic nitrogens is 1. The van der Waals surface area contributed by atoms with Crippen molar-refractivity contribution in [3.05, 3.63) is 58.4 Å². The molecule has 8 nitrogen and oxygen atoms in total. The second-order valence-corrected chi connectivity index (χ2v) is 10.9. The van der Waals surface area contributed by atoms with Crippen LogP contribution in [-0.2, 0) is 26.2 Å². The number of hydrogen-bond acceptors (Lipinski definition) is 5. The zero-order chi connectivity index (χ0) is 27.1. The molecule has 1 spiro atoms. The zero-order valence-corrected chi connectivity index (χ0v) is 22.0. The number of pyridine rings is 1. The number of nitrogens with zero attached hydrogens (tertiary/aromatic N) is 4. The Labute approximate surface area is 220 Å². The maximum atomic E-state index is 14.9. The molecule has 2 aliphatic rings. The first-order chi connectivity index (χ1) is 17.3. The molecule has 1 fully saturated rings. The number of benzene rings is 1. The molecule has 2 aliphatic heterocycles. The molecule has 0 radical (unpaired) electrons. The lowest BCUT2D eigenvalue weighted by molar-refractivity contribution is -0.146. The summed E-state index contributed by atoms with van der Waals surface area (Å²) in [6.07, 6.45) is -0.259. The van der Waals surface area contributed by atoms with Crippen LogP contribution in [0.3, 0.4) is 0 Å². The molecular formula is C27H29ClFN5O3. The summed E-state index contributed by atoms with van der Waals surface area (Å²) >= 11 is 6.20. The number of likely N-dealkylation sites (tertiary alicyclic amines) is 1. The van der Waals surface area contributed by atoms with Crippen LogP contribution in [0.15, 0.2) is 36.4 Å². The van der Waals surface area contributed by atoms with E-state index < -0.39 is 35.0 Å². The van der Waals surface area contributed by atoms with E-state index in [-0.39, 0.29) is 31.7 Å². The van der Waals surface area contributed by atoms with Gasteiger partial charge in [-0.15, -0.1) is 0 Å². The van der Waals surface area contributed by atoms with Crippen LogP contribution in [0.25, 0.3) is 0 Å². The number of carbonyl (C=O) groups excluding carboxylic acids is 3. The van der Waals surface area contributed by atoms with Crippen LogP contribution in [0.1, 0.15) is 43.6 Å². The van der Waals surface area contributed by atoms with Gasteiger partial charge in [0, 0.05) is 48.5 Å². The van der Waals surface area contributed by atoms with E-state index in [1.54, 1.807) is 30.3 Å². The number of anilines is 1. The van der Waals surface area contributed by atoms with Crippen molar-refractivity contribution in [1.29, 1.82) is 5.26 Å². The lowest BCUT2D eigenvalue weighted by Crippen LogP contribution is -2.53. The largest absolute Gasteiger partial charge is 0.333 e. The van der Waals surface area contributed by atoms with Crippen molar-refractivity contribution in [2.45, 2.75) is 63.2 Å². The van der Waals surface area contributed by atoms with Crippen LogP contribution in [0.2, 0.25) is 5.02 Å². The molecule has 37 heavy (non-hydrogen) atoms. The van der Waals surface area contributed by atoms with Crippen LogP contribution in [0, 0.1) is 18.3 Å². The molecule has 2 aromatic rings. The molecule has 0 bridgehead atoms. The third-order valence-electron chi connectivity index (χ3n) is 7.07. The number of alkyl halides is 1. The normalized spacial score (nSPS) is 21.4. The van der Waals surface area contributed by atoms with Crippen molar-refractivity contribution in [3.63, 3.8) is 0 Å². The van der Waals surface area contributed by atoms with E-state index in [2.05, 4.69) is 16.4 Å². The van der Waals surface area contributed by atoms with Gasteiger partial charge in [-0.25, -0.2) is 4.39 Å². The van der Waals surface area contributed by atoms with Gasteiger partial charge in [-0.2, -0.15) is 5.26 Å². The highest BCUT2D eigenvalue weighted by Gasteiger charge is 2.57. The number of likely N-dealkylation sites (N-methyl/N-ethyl adjacent to an activating group) is 1. The molecule has 1 aromatic heterocycles. The highest BCUT2D eigenvalue weighted by atomic mass is 35.5. The highest BCUT2D eigenvalue weighted by Crippen LogP contribution is 2.47. The van der Waals surface area contributed by atoms with Gasteiger partial charge in [-0.05, 0) is 56.7 Å². The van der Waals surface area contributed by atoms with Gasteiger partial charge >= 0.3 is 0 Å². The van der Waals surface area contributed by atoms with Gasteiger partial charge in [0.15, 0.2) is 0 Å². The maximum absolute atomic E-state index is 14.9. The predicted octanol–water partition coefficient (Wildman–Crippen LogP) is 3.57. The van der Waals surface area contributed by atoms with E-state index in [0.29, 0.717) is 22.0 Å². The molecular weight excluding hydrogens is 497 g/mol. The first-order valence-electron chi connectivity index (χ1n) is 12.0. The van der Waals surface area contributed by atoms with Crippen LogP contribution in [-0.4, -0.2) is 63.9 Å². The third kappa shape index (κ3) is 5.16. The van der Waals surface area contributed by atoms with E-state index in [4.69, 9.17) is 11.6 Å². The smallest absolute Gasteiger partial charge is 0.246 e. The van der Waals surface area contributed by atoms with Gasteiger partial charge in [0.25, 0.3) is 0 Å². The van der Waals surface area contributed by atoms with Gasteiger partial charge in [-0.3, -0.25) is 19.4 Å². The summed E-state index contributed by atoms with van der Waals surface area (Å²) in [6, 6.07) is 10.3. The number of fused-ring (bicyclic) bond motifs is 2. The van der Waals surface area contributed by atoms with Crippen molar-refractivity contribution >= 4 is 35.0 Å². The molecule has 3 heterocycles. The summed E-state index contributed by atoms with van der Waals surface area (Å²) in [4.78, 5) is 47.1. The number of nitriles is 1. The van der Waals surface area contributed by atoms with Gasteiger partial charge in [0.05, 0.1) is 17.9 Å². The van der Waals surface area contributed by atoms with Gasteiger partial charge < -0.3 is 15.1 Å². The fourth-order valence-electron chi connectivity index (χ4n) is 5.19. The molecule has 1 aromatic carbocycles. The van der Waals surface area contributed by atoms with Crippen molar-refractivity contribution in [2.75, 3.05) is 18.9 Å². The fraction of sp³-hybridized carbons (Fsp3) is 0.444. The SMILES string of the molecule is Cc1cccc(CC(=O)N(C)[C@@H](CC(C)(C)F)C(=O)N2C[C@]3(C[C@H]2C#N)C(=O)Nc2ccc(Cl)cc23)n1. The minimum Gasteiger partial charge on any atom is -0.333 e. The van der Waals surface area contributed by atoms with Crippen LogP contribution in [0.5, 0.6) is 0 Å².